The van der Waals surface area contributed by atoms with E-state index in [1.165, 1.54) is 0 Å². The number of nitrogens with one attached hydrogen (secondary N) is 2. The van der Waals surface area contributed by atoms with Crippen LogP contribution in [0.5, 0.6) is 0 Å². The number of amides is 2. The highest BCUT2D eigenvalue weighted by Crippen LogP contribution is 2.31. The fourth-order valence-corrected chi connectivity index (χ4v) is 6.54. The number of alkyl halides is 1. The van der Waals surface area contributed by atoms with Gasteiger partial charge in [-0.05, 0) is 127 Å². The Balaban J connectivity index is 0.000000218. The molecule has 292 valence electrons. The molecule has 0 spiro atoms. The Kier molecular flexibility index (Phi) is 15.5. The van der Waals surface area contributed by atoms with Crippen LogP contribution < -0.4 is 10.6 Å². The lowest BCUT2D eigenvalue weighted by atomic mass is 9.92. The Morgan fingerprint density at radius 2 is 1.05 bits per heavy atom. The minimum atomic E-state index is -1.08. The van der Waals surface area contributed by atoms with Gasteiger partial charge in [-0.25, -0.2) is 4.39 Å². The van der Waals surface area contributed by atoms with Gasteiger partial charge in [0.2, 0.25) is 0 Å². The lowest BCUT2D eigenvalue weighted by Gasteiger charge is -2.18. The first-order chi connectivity index (χ1) is 27.3. The van der Waals surface area contributed by atoms with E-state index in [1.807, 2.05) is 113 Å². The highest BCUT2D eigenvalue weighted by Gasteiger charge is 2.20. The van der Waals surface area contributed by atoms with E-state index in [4.69, 9.17) is 46.4 Å². The first kappa shape index (κ1) is 43.2. The lowest BCUT2D eigenvalue weighted by Crippen LogP contribution is -2.15. The zero-order valence-corrected chi connectivity index (χ0v) is 35.1. The molecule has 2 atom stereocenters. The molecule has 0 aliphatic carbocycles. The standard InChI is InChI=1S/C24H22Cl2FNO.C24H21Cl2NO/c1-15-5-3-4-6-23(15)28-24(29)18-9-7-17(8-10-18)13-22(27)16(2)19-11-12-20(25)21(26)14-19;1-16(20-13-14-21(25)22(26)15-20)7-8-18-9-11-19(12-10-18)24(28)27-23-6-4-3-5-17(23)2/h3-12,14,16,22H,13H2,1-2H3,(H,28,29);3-7,9-15H,8H2,1-2H3,(H,27,28). The second-order valence-electron chi connectivity index (χ2n) is 13.8. The van der Waals surface area contributed by atoms with Gasteiger partial charge in [0.1, 0.15) is 6.17 Å². The van der Waals surface area contributed by atoms with E-state index in [1.54, 1.807) is 48.5 Å². The summed E-state index contributed by atoms with van der Waals surface area (Å²) in [4.78, 5) is 24.9. The number of carbonyl (C=O) groups is 2. The van der Waals surface area contributed by atoms with Crippen LogP contribution >= 0.6 is 46.4 Å². The molecule has 0 fully saturated rings. The van der Waals surface area contributed by atoms with Crippen molar-refractivity contribution in [1.29, 1.82) is 0 Å². The summed E-state index contributed by atoms with van der Waals surface area (Å²) in [5, 5.41) is 7.84. The third kappa shape index (κ3) is 12.3. The van der Waals surface area contributed by atoms with Crippen molar-refractivity contribution < 1.29 is 14.0 Å². The van der Waals surface area contributed by atoms with Gasteiger partial charge in [0, 0.05) is 34.8 Å². The zero-order chi connectivity index (χ0) is 41.1. The number of anilines is 2. The average molecular weight is 841 g/mol. The number of allylic oxidation sites excluding steroid dienone is 2. The quantitative estimate of drug-likeness (QED) is 0.137. The number of hydrogen-bond acceptors (Lipinski definition) is 2. The SMILES string of the molecule is CC(=CCc1ccc(C(=O)Nc2ccccc2C)cc1)c1ccc(Cl)c(Cl)c1.Cc1ccccc1NC(=O)c1ccc(CC(F)C(C)c2ccc(Cl)c(Cl)c2)cc1. The highest BCUT2D eigenvalue weighted by atomic mass is 35.5. The second kappa shape index (κ2) is 20.5. The van der Waals surface area contributed by atoms with E-state index in [-0.39, 0.29) is 24.2 Å². The predicted octanol–water partition coefficient (Wildman–Crippen LogP) is 14.4. The molecule has 57 heavy (non-hydrogen) atoms. The van der Waals surface area contributed by atoms with Gasteiger partial charge in [-0.2, -0.15) is 0 Å². The first-order valence-electron chi connectivity index (χ1n) is 18.4. The lowest BCUT2D eigenvalue weighted by molar-refractivity contribution is 0.101. The molecule has 9 heteroatoms. The maximum absolute atomic E-state index is 14.8. The van der Waals surface area contributed by atoms with Crippen molar-refractivity contribution in [2.24, 2.45) is 0 Å². The third-order valence-electron chi connectivity index (χ3n) is 9.68. The topological polar surface area (TPSA) is 58.2 Å². The Labute approximate surface area is 354 Å². The summed E-state index contributed by atoms with van der Waals surface area (Å²) in [5.74, 6) is -0.621. The van der Waals surface area contributed by atoms with Gasteiger partial charge in [-0.1, -0.05) is 132 Å². The van der Waals surface area contributed by atoms with Crippen LogP contribution in [0.15, 0.2) is 140 Å². The van der Waals surface area contributed by atoms with Crippen LogP contribution in [0, 0.1) is 13.8 Å². The Morgan fingerprint density at radius 3 is 1.54 bits per heavy atom. The monoisotopic (exact) mass is 838 g/mol. The number of rotatable bonds is 11. The second-order valence-corrected chi connectivity index (χ2v) is 15.5. The summed E-state index contributed by atoms with van der Waals surface area (Å²) < 4.78 is 14.8. The molecule has 0 bridgehead atoms. The molecule has 2 N–H and O–H groups in total. The van der Waals surface area contributed by atoms with Crippen LogP contribution in [-0.4, -0.2) is 18.0 Å². The average Bonchev–Trinajstić information content (AvgIpc) is 3.21. The molecule has 6 rings (SSSR count). The molecule has 0 aliphatic rings. The minimum absolute atomic E-state index is 0.108. The van der Waals surface area contributed by atoms with Crippen molar-refractivity contribution in [3.8, 4) is 0 Å². The van der Waals surface area contributed by atoms with E-state index in [2.05, 4.69) is 16.7 Å². The predicted molar refractivity (Wildman–Crippen MR) is 238 cm³/mol. The number of halogens is 5. The van der Waals surface area contributed by atoms with E-state index in [9.17, 15) is 14.0 Å². The van der Waals surface area contributed by atoms with Crippen molar-refractivity contribution in [3.05, 3.63) is 204 Å². The zero-order valence-electron chi connectivity index (χ0n) is 32.1. The minimum Gasteiger partial charge on any atom is -0.322 e. The van der Waals surface area contributed by atoms with Crippen LogP contribution in [-0.2, 0) is 12.8 Å². The van der Waals surface area contributed by atoms with Crippen LogP contribution in [0.4, 0.5) is 15.8 Å². The van der Waals surface area contributed by atoms with Gasteiger partial charge in [-0.3, -0.25) is 9.59 Å². The molecule has 6 aromatic carbocycles. The Hall–Kier alpha value is -4.91. The van der Waals surface area contributed by atoms with Crippen molar-refractivity contribution in [3.63, 3.8) is 0 Å². The highest BCUT2D eigenvalue weighted by molar-refractivity contribution is 6.42. The van der Waals surface area contributed by atoms with Crippen LogP contribution in [0.1, 0.15) is 73.9 Å². The van der Waals surface area contributed by atoms with E-state index in [0.717, 1.165) is 56.7 Å². The summed E-state index contributed by atoms with van der Waals surface area (Å²) in [6.45, 7) is 7.79. The number of aryl methyl sites for hydroxylation is 2. The number of benzene rings is 6. The molecule has 4 nitrogen and oxygen atoms in total. The Morgan fingerprint density at radius 1 is 0.596 bits per heavy atom. The van der Waals surface area contributed by atoms with Gasteiger partial charge in [0.05, 0.1) is 20.1 Å². The van der Waals surface area contributed by atoms with E-state index in [0.29, 0.717) is 31.2 Å². The fourth-order valence-electron chi connectivity index (χ4n) is 5.94. The molecular formula is C48H43Cl4FN2O2. The van der Waals surface area contributed by atoms with Gasteiger partial charge in [-0.15, -0.1) is 0 Å². The normalized spacial score (nSPS) is 12.2. The molecule has 0 saturated carbocycles. The maximum Gasteiger partial charge on any atom is 0.255 e. The molecule has 0 saturated heterocycles. The van der Waals surface area contributed by atoms with Crippen LogP contribution in [0.3, 0.4) is 0 Å². The van der Waals surface area contributed by atoms with Gasteiger partial charge in [0.25, 0.3) is 11.8 Å². The van der Waals surface area contributed by atoms with Crippen molar-refractivity contribution in [1.82, 2.24) is 0 Å². The van der Waals surface area contributed by atoms with Crippen molar-refractivity contribution in [2.45, 2.75) is 52.6 Å². The largest absolute Gasteiger partial charge is 0.322 e. The molecule has 0 aromatic heterocycles. The van der Waals surface area contributed by atoms with Crippen LogP contribution in [0.25, 0.3) is 5.57 Å². The van der Waals surface area contributed by atoms with E-state index < -0.39 is 6.17 Å². The van der Waals surface area contributed by atoms with Gasteiger partial charge < -0.3 is 10.6 Å². The maximum atomic E-state index is 14.8. The summed E-state index contributed by atoms with van der Waals surface area (Å²) >= 11 is 24.0. The number of para-hydroxylation sites is 2. The van der Waals surface area contributed by atoms with Gasteiger partial charge in [0.15, 0.2) is 0 Å². The number of hydrogen-bond donors (Lipinski definition) is 2. The Bertz CT molecular complexity index is 2360. The molecule has 0 aliphatic heterocycles. The van der Waals surface area contributed by atoms with Crippen molar-refractivity contribution in [2.75, 3.05) is 10.6 Å². The summed E-state index contributed by atoms with van der Waals surface area (Å²) in [6, 6.07) is 40.8. The molecule has 6 aromatic rings. The fraction of sp³-hybridized carbons (Fsp3) is 0.167. The molecule has 0 heterocycles. The summed E-state index contributed by atoms with van der Waals surface area (Å²) in [7, 11) is 0. The summed E-state index contributed by atoms with van der Waals surface area (Å²) in [6.07, 6.45) is 2.08. The molecule has 2 unspecified atom stereocenters. The third-order valence-corrected chi connectivity index (χ3v) is 11.2. The molecule has 2 amide bonds. The van der Waals surface area contributed by atoms with Crippen LogP contribution in [0.2, 0.25) is 20.1 Å². The summed E-state index contributed by atoms with van der Waals surface area (Å²) in [5.41, 5.74) is 9.75. The molecular weight excluding hydrogens is 797 g/mol. The van der Waals surface area contributed by atoms with E-state index >= 15 is 0 Å². The smallest absolute Gasteiger partial charge is 0.255 e. The number of carbonyl (C=O) groups excluding carboxylic acids is 2. The van der Waals surface area contributed by atoms with Crippen molar-refractivity contribution >= 4 is 75.2 Å². The first-order valence-corrected chi connectivity index (χ1v) is 19.9. The molecule has 0 radical (unpaired) electrons. The van der Waals surface area contributed by atoms with Gasteiger partial charge >= 0.3 is 0 Å².